The first-order valence-corrected chi connectivity index (χ1v) is 8.95. The monoisotopic (exact) mass is 420 g/mol. The molecule has 0 radical (unpaired) electrons. The van der Waals surface area contributed by atoms with E-state index in [-0.39, 0.29) is 12.4 Å². The molecule has 6 heteroatoms. The summed E-state index contributed by atoms with van der Waals surface area (Å²) >= 11 is 3.43. The zero-order chi connectivity index (χ0) is 18.8. The Morgan fingerprint density at radius 1 is 1.11 bits per heavy atom. The summed E-state index contributed by atoms with van der Waals surface area (Å²) in [4.78, 5) is 12.7. The first-order valence-electron chi connectivity index (χ1n) is 8.16. The number of fused-ring (bicyclic) bond motifs is 2. The van der Waals surface area contributed by atoms with Crippen LogP contribution >= 0.6 is 15.9 Å². The predicted octanol–water partition coefficient (Wildman–Crippen LogP) is 4.88. The Bertz CT molecular complexity index is 1130. The molecule has 4 rings (SSSR count). The quantitative estimate of drug-likeness (QED) is 0.484. The third-order valence-corrected chi connectivity index (χ3v) is 4.88. The highest BCUT2D eigenvalue weighted by Gasteiger charge is 2.17. The third kappa shape index (κ3) is 3.37. The van der Waals surface area contributed by atoms with E-state index in [0.29, 0.717) is 27.2 Å². The fraction of sp³-hybridized carbons (Fsp3) is 0.0476. The van der Waals surface area contributed by atoms with Gasteiger partial charge in [0.05, 0.1) is 0 Å². The average Bonchev–Trinajstić information content (AvgIpc) is 3.13. The van der Waals surface area contributed by atoms with E-state index in [1.165, 1.54) is 6.08 Å². The van der Waals surface area contributed by atoms with Gasteiger partial charge in [-0.25, -0.2) is 0 Å². The number of benzene rings is 3. The van der Waals surface area contributed by atoms with Gasteiger partial charge in [0.15, 0.2) is 11.5 Å². The molecule has 132 valence electrons. The molecule has 0 fully saturated rings. The predicted molar refractivity (Wildman–Crippen MR) is 106 cm³/mol. The average molecular weight is 421 g/mol. The van der Waals surface area contributed by atoms with Crippen LogP contribution in [0.4, 0.5) is 5.69 Å². The molecule has 1 heterocycles. The molecule has 1 aliphatic rings. The molecule has 0 saturated carbocycles. The van der Waals surface area contributed by atoms with Gasteiger partial charge in [-0.3, -0.25) is 4.79 Å². The Morgan fingerprint density at radius 3 is 2.67 bits per heavy atom. The first-order chi connectivity index (χ1) is 13.2. The van der Waals surface area contributed by atoms with Crippen molar-refractivity contribution in [1.82, 2.24) is 0 Å². The lowest BCUT2D eigenvalue weighted by molar-refractivity contribution is -0.112. The number of amides is 1. The van der Waals surface area contributed by atoms with Crippen molar-refractivity contribution in [2.45, 2.75) is 0 Å². The van der Waals surface area contributed by atoms with Crippen LogP contribution in [-0.2, 0) is 4.79 Å². The lowest BCUT2D eigenvalue weighted by Crippen LogP contribution is -2.13. The molecular formula is C21H13BrN2O3. The Hall–Kier alpha value is -3.30. The highest BCUT2D eigenvalue weighted by molar-refractivity contribution is 9.10. The van der Waals surface area contributed by atoms with Crippen molar-refractivity contribution >= 4 is 44.4 Å². The second-order valence-corrected chi connectivity index (χ2v) is 6.73. The molecule has 0 bridgehead atoms. The van der Waals surface area contributed by atoms with Crippen LogP contribution in [0, 0.1) is 11.3 Å². The number of nitrogens with zero attached hydrogens (tertiary/aromatic N) is 1. The van der Waals surface area contributed by atoms with E-state index >= 15 is 0 Å². The molecule has 1 N–H and O–H groups in total. The van der Waals surface area contributed by atoms with E-state index in [1.54, 1.807) is 12.1 Å². The number of carbonyl (C=O) groups excluding carboxylic acids is 1. The SMILES string of the molecule is N#C/C(=C\c1cc2c(cc1Br)OCO2)C(=O)Nc1cccc2ccccc12. The van der Waals surface area contributed by atoms with Gasteiger partial charge in [0.1, 0.15) is 11.6 Å². The lowest BCUT2D eigenvalue weighted by Gasteiger charge is -2.08. The number of rotatable bonds is 3. The topological polar surface area (TPSA) is 71.3 Å². The summed E-state index contributed by atoms with van der Waals surface area (Å²) in [5.74, 6) is 0.729. The van der Waals surface area contributed by atoms with Crippen LogP contribution in [0.3, 0.4) is 0 Å². The summed E-state index contributed by atoms with van der Waals surface area (Å²) in [7, 11) is 0. The van der Waals surface area contributed by atoms with Crippen LogP contribution in [0.5, 0.6) is 11.5 Å². The molecule has 1 aliphatic heterocycles. The number of halogens is 1. The van der Waals surface area contributed by atoms with Gasteiger partial charge in [0, 0.05) is 15.5 Å². The summed E-state index contributed by atoms with van der Waals surface area (Å²) in [6.45, 7) is 0.154. The fourth-order valence-electron chi connectivity index (χ4n) is 2.87. The highest BCUT2D eigenvalue weighted by Crippen LogP contribution is 2.37. The van der Waals surface area contributed by atoms with Gasteiger partial charge in [-0.1, -0.05) is 52.3 Å². The van der Waals surface area contributed by atoms with Gasteiger partial charge in [-0.05, 0) is 35.2 Å². The number of nitrogens with one attached hydrogen (secondary N) is 1. The van der Waals surface area contributed by atoms with E-state index in [0.717, 1.165) is 10.8 Å². The standard InChI is InChI=1S/C21H13BrN2O3/c22-17-10-20-19(26-12-27-20)9-14(17)8-15(11-23)21(25)24-18-7-3-5-13-4-1-2-6-16(13)18/h1-10H,12H2,(H,24,25)/b15-8+. The number of ether oxygens (including phenoxy) is 2. The van der Waals surface area contributed by atoms with Crippen molar-refractivity contribution in [3.05, 3.63) is 70.2 Å². The second kappa shape index (κ2) is 7.14. The van der Waals surface area contributed by atoms with Crippen LogP contribution in [0.25, 0.3) is 16.8 Å². The van der Waals surface area contributed by atoms with E-state index in [4.69, 9.17) is 9.47 Å². The summed E-state index contributed by atoms with van der Waals surface area (Å²) in [6, 6.07) is 18.8. The highest BCUT2D eigenvalue weighted by atomic mass is 79.9. The Morgan fingerprint density at radius 2 is 1.85 bits per heavy atom. The van der Waals surface area contributed by atoms with Crippen molar-refractivity contribution in [1.29, 1.82) is 5.26 Å². The van der Waals surface area contributed by atoms with Crippen LogP contribution in [-0.4, -0.2) is 12.7 Å². The van der Waals surface area contributed by atoms with Crippen LogP contribution in [0.1, 0.15) is 5.56 Å². The summed E-state index contributed by atoms with van der Waals surface area (Å²) in [5.41, 5.74) is 1.30. The maximum atomic E-state index is 12.7. The van der Waals surface area contributed by atoms with E-state index < -0.39 is 5.91 Å². The van der Waals surface area contributed by atoms with Gasteiger partial charge < -0.3 is 14.8 Å². The Labute approximate surface area is 163 Å². The molecule has 0 atom stereocenters. The second-order valence-electron chi connectivity index (χ2n) is 5.88. The lowest BCUT2D eigenvalue weighted by atomic mass is 10.1. The number of hydrogen-bond acceptors (Lipinski definition) is 4. The molecule has 3 aromatic carbocycles. The van der Waals surface area contributed by atoms with Crippen LogP contribution in [0.15, 0.2) is 64.6 Å². The van der Waals surface area contributed by atoms with Gasteiger partial charge in [0.25, 0.3) is 5.91 Å². The van der Waals surface area contributed by atoms with Crippen molar-refractivity contribution < 1.29 is 14.3 Å². The number of hydrogen-bond donors (Lipinski definition) is 1. The molecule has 27 heavy (non-hydrogen) atoms. The summed E-state index contributed by atoms with van der Waals surface area (Å²) < 4.78 is 11.4. The third-order valence-electron chi connectivity index (χ3n) is 4.19. The maximum Gasteiger partial charge on any atom is 0.266 e. The minimum absolute atomic E-state index is 0.0116. The van der Waals surface area contributed by atoms with Crippen molar-refractivity contribution in [2.75, 3.05) is 12.1 Å². The Kier molecular flexibility index (Phi) is 4.53. The van der Waals surface area contributed by atoms with Crippen LogP contribution in [0.2, 0.25) is 0 Å². The van der Waals surface area contributed by atoms with E-state index in [1.807, 2.05) is 48.5 Å². The molecule has 0 saturated heterocycles. The fourth-order valence-corrected chi connectivity index (χ4v) is 3.31. The van der Waals surface area contributed by atoms with Gasteiger partial charge >= 0.3 is 0 Å². The number of carbonyl (C=O) groups is 1. The van der Waals surface area contributed by atoms with Crippen LogP contribution < -0.4 is 14.8 Å². The first kappa shape index (κ1) is 17.1. The van der Waals surface area contributed by atoms with E-state index in [9.17, 15) is 10.1 Å². The largest absolute Gasteiger partial charge is 0.454 e. The number of nitriles is 1. The maximum absolute atomic E-state index is 12.7. The molecule has 1 amide bonds. The number of anilines is 1. The minimum atomic E-state index is -0.474. The van der Waals surface area contributed by atoms with Gasteiger partial charge in [-0.2, -0.15) is 5.26 Å². The smallest absolute Gasteiger partial charge is 0.266 e. The summed E-state index contributed by atoms with van der Waals surface area (Å²) in [5, 5.41) is 14.2. The molecule has 0 spiro atoms. The molecular weight excluding hydrogens is 408 g/mol. The normalized spacial score (nSPS) is 12.7. The van der Waals surface area contributed by atoms with Gasteiger partial charge in [0.2, 0.25) is 6.79 Å². The Balaban J connectivity index is 1.66. The van der Waals surface area contributed by atoms with Crippen molar-refractivity contribution in [3.63, 3.8) is 0 Å². The molecule has 3 aromatic rings. The van der Waals surface area contributed by atoms with Gasteiger partial charge in [-0.15, -0.1) is 0 Å². The molecule has 5 nitrogen and oxygen atoms in total. The minimum Gasteiger partial charge on any atom is -0.454 e. The molecule has 0 aliphatic carbocycles. The summed E-state index contributed by atoms with van der Waals surface area (Å²) in [6.07, 6.45) is 1.52. The molecule has 0 unspecified atom stereocenters. The zero-order valence-electron chi connectivity index (χ0n) is 14.0. The van der Waals surface area contributed by atoms with E-state index in [2.05, 4.69) is 21.2 Å². The molecule has 0 aromatic heterocycles. The zero-order valence-corrected chi connectivity index (χ0v) is 15.6. The van der Waals surface area contributed by atoms with Crippen molar-refractivity contribution in [2.24, 2.45) is 0 Å². The van der Waals surface area contributed by atoms with Crippen molar-refractivity contribution in [3.8, 4) is 17.6 Å².